The number of benzene rings is 2. The first kappa shape index (κ1) is 17.4. The molecule has 1 N–H and O–H groups in total. The lowest BCUT2D eigenvalue weighted by molar-refractivity contribution is -0.126. The predicted molar refractivity (Wildman–Crippen MR) is 98.9 cm³/mol. The molecule has 5 heteroatoms. The van der Waals surface area contributed by atoms with Crippen molar-refractivity contribution in [2.24, 2.45) is 0 Å². The van der Waals surface area contributed by atoms with Gasteiger partial charge in [-0.3, -0.25) is 9.59 Å². The van der Waals surface area contributed by atoms with Gasteiger partial charge in [-0.15, -0.1) is 0 Å². The van der Waals surface area contributed by atoms with Crippen LogP contribution in [-0.4, -0.2) is 29.8 Å². The number of amides is 2. The van der Waals surface area contributed by atoms with Gasteiger partial charge >= 0.3 is 0 Å². The molecule has 0 radical (unpaired) electrons. The Hall–Kier alpha value is -3.39. The van der Waals surface area contributed by atoms with Crippen LogP contribution in [0, 0.1) is 11.3 Å². The van der Waals surface area contributed by atoms with Gasteiger partial charge in [0, 0.05) is 18.7 Å². The average Bonchev–Trinajstić information content (AvgIpc) is 3.22. The van der Waals surface area contributed by atoms with Crippen LogP contribution in [0.2, 0.25) is 0 Å². The Kier molecular flexibility index (Phi) is 5.45. The third-order valence-corrected chi connectivity index (χ3v) is 4.26. The molecule has 0 bridgehead atoms. The maximum atomic E-state index is 12.8. The van der Waals surface area contributed by atoms with Crippen LogP contribution in [0.1, 0.15) is 34.3 Å². The van der Waals surface area contributed by atoms with Crippen LogP contribution >= 0.6 is 0 Å². The lowest BCUT2D eigenvalue weighted by atomic mass is 10.1. The zero-order valence-corrected chi connectivity index (χ0v) is 14.3. The van der Waals surface area contributed by atoms with Crippen LogP contribution in [-0.2, 0) is 4.79 Å². The van der Waals surface area contributed by atoms with Crippen LogP contribution in [0.3, 0.4) is 0 Å². The standard InChI is InChI=1S/C21H19N3O2/c22-15-17-8-10-18(11-9-17)20(25)23-19(14-16-6-2-1-3-7-16)21(26)24-12-4-5-13-24/h1-3,6-11,14H,4-5,12-13H2,(H,23,25)/b19-14-. The van der Waals surface area contributed by atoms with Crippen molar-refractivity contribution in [1.29, 1.82) is 5.26 Å². The van der Waals surface area contributed by atoms with Crippen molar-refractivity contribution < 1.29 is 9.59 Å². The second kappa shape index (κ2) is 8.13. The quantitative estimate of drug-likeness (QED) is 0.866. The number of nitrogens with zero attached hydrogens (tertiary/aromatic N) is 2. The summed E-state index contributed by atoms with van der Waals surface area (Å²) in [6, 6.07) is 17.8. The fourth-order valence-electron chi connectivity index (χ4n) is 2.85. The van der Waals surface area contributed by atoms with Crippen molar-refractivity contribution in [1.82, 2.24) is 10.2 Å². The Bertz CT molecular complexity index is 858. The van der Waals surface area contributed by atoms with E-state index >= 15 is 0 Å². The largest absolute Gasteiger partial charge is 0.337 e. The van der Waals surface area contributed by atoms with E-state index in [1.807, 2.05) is 36.4 Å². The summed E-state index contributed by atoms with van der Waals surface area (Å²) in [5.41, 5.74) is 1.98. The topological polar surface area (TPSA) is 73.2 Å². The predicted octanol–water partition coefficient (Wildman–Crippen LogP) is 2.95. The van der Waals surface area contributed by atoms with Crippen LogP contribution in [0.15, 0.2) is 60.3 Å². The van der Waals surface area contributed by atoms with Crippen LogP contribution in [0.4, 0.5) is 0 Å². The maximum Gasteiger partial charge on any atom is 0.270 e. The van der Waals surface area contributed by atoms with E-state index in [4.69, 9.17) is 5.26 Å². The van der Waals surface area contributed by atoms with Gasteiger partial charge in [-0.05, 0) is 48.7 Å². The van der Waals surface area contributed by atoms with Gasteiger partial charge in [0.05, 0.1) is 11.6 Å². The van der Waals surface area contributed by atoms with Gasteiger partial charge in [0.2, 0.25) is 0 Å². The molecular weight excluding hydrogens is 326 g/mol. The molecule has 2 aromatic rings. The van der Waals surface area contributed by atoms with Crippen molar-refractivity contribution in [3.8, 4) is 6.07 Å². The lowest BCUT2D eigenvalue weighted by Gasteiger charge is -2.18. The molecule has 2 amide bonds. The van der Waals surface area contributed by atoms with Gasteiger partial charge in [-0.2, -0.15) is 5.26 Å². The molecule has 1 aliphatic rings. The second-order valence-corrected chi connectivity index (χ2v) is 6.11. The second-order valence-electron chi connectivity index (χ2n) is 6.11. The van der Waals surface area contributed by atoms with E-state index in [0.29, 0.717) is 24.2 Å². The Labute approximate surface area is 152 Å². The zero-order chi connectivity index (χ0) is 18.4. The van der Waals surface area contributed by atoms with Crippen molar-refractivity contribution in [3.05, 3.63) is 77.0 Å². The highest BCUT2D eigenvalue weighted by atomic mass is 16.2. The molecule has 26 heavy (non-hydrogen) atoms. The fourth-order valence-corrected chi connectivity index (χ4v) is 2.85. The molecular formula is C21H19N3O2. The van der Waals surface area contributed by atoms with E-state index in [0.717, 1.165) is 18.4 Å². The van der Waals surface area contributed by atoms with Crippen molar-refractivity contribution >= 4 is 17.9 Å². The molecule has 0 spiro atoms. The molecule has 0 aliphatic carbocycles. The lowest BCUT2D eigenvalue weighted by Crippen LogP contribution is -2.36. The summed E-state index contributed by atoms with van der Waals surface area (Å²) in [6.45, 7) is 1.41. The number of likely N-dealkylation sites (tertiary alicyclic amines) is 1. The molecule has 3 rings (SSSR count). The highest BCUT2D eigenvalue weighted by molar-refractivity contribution is 6.05. The first-order chi connectivity index (χ1) is 12.7. The number of carbonyl (C=O) groups excluding carboxylic acids is 2. The summed E-state index contributed by atoms with van der Waals surface area (Å²) in [4.78, 5) is 27.1. The SMILES string of the molecule is N#Cc1ccc(C(=O)N/C(=C\c2ccccc2)C(=O)N2CCCC2)cc1. The Morgan fingerprint density at radius 1 is 1.00 bits per heavy atom. The maximum absolute atomic E-state index is 12.8. The minimum absolute atomic E-state index is 0.173. The molecule has 1 saturated heterocycles. The van der Waals surface area contributed by atoms with Crippen molar-refractivity contribution in [3.63, 3.8) is 0 Å². The molecule has 0 saturated carbocycles. The highest BCUT2D eigenvalue weighted by Gasteiger charge is 2.23. The summed E-state index contributed by atoms with van der Waals surface area (Å²) >= 11 is 0. The highest BCUT2D eigenvalue weighted by Crippen LogP contribution is 2.14. The van der Waals surface area contributed by atoms with E-state index in [1.54, 1.807) is 35.2 Å². The van der Waals surface area contributed by atoms with Gasteiger partial charge in [0.25, 0.3) is 11.8 Å². The van der Waals surface area contributed by atoms with E-state index in [-0.39, 0.29) is 17.5 Å². The van der Waals surface area contributed by atoms with Crippen LogP contribution < -0.4 is 5.32 Å². The van der Waals surface area contributed by atoms with E-state index in [1.165, 1.54) is 0 Å². The van der Waals surface area contributed by atoms with Gasteiger partial charge in [-0.1, -0.05) is 30.3 Å². The first-order valence-electron chi connectivity index (χ1n) is 8.55. The summed E-state index contributed by atoms with van der Waals surface area (Å²) in [7, 11) is 0. The summed E-state index contributed by atoms with van der Waals surface area (Å²) in [6.07, 6.45) is 3.66. The van der Waals surface area contributed by atoms with Gasteiger partial charge in [0.15, 0.2) is 0 Å². The normalized spacial score (nSPS) is 14.0. The van der Waals surface area contributed by atoms with E-state index in [9.17, 15) is 9.59 Å². The number of hydrogen-bond acceptors (Lipinski definition) is 3. The fraction of sp³-hybridized carbons (Fsp3) is 0.190. The van der Waals surface area contributed by atoms with Crippen molar-refractivity contribution in [2.75, 3.05) is 13.1 Å². The number of rotatable bonds is 4. The van der Waals surface area contributed by atoms with E-state index < -0.39 is 0 Å². The van der Waals surface area contributed by atoms with Crippen molar-refractivity contribution in [2.45, 2.75) is 12.8 Å². The number of carbonyl (C=O) groups is 2. The molecule has 0 aromatic heterocycles. The Balaban J connectivity index is 1.85. The number of nitriles is 1. The number of nitrogens with one attached hydrogen (secondary N) is 1. The average molecular weight is 345 g/mol. The third kappa shape index (κ3) is 4.17. The number of hydrogen-bond donors (Lipinski definition) is 1. The molecule has 1 heterocycles. The van der Waals surface area contributed by atoms with Gasteiger partial charge in [0.1, 0.15) is 5.70 Å². The molecule has 5 nitrogen and oxygen atoms in total. The zero-order valence-electron chi connectivity index (χ0n) is 14.3. The summed E-state index contributed by atoms with van der Waals surface area (Å²) in [5.74, 6) is -0.544. The molecule has 0 atom stereocenters. The smallest absolute Gasteiger partial charge is 0.270 e. The Morgan fingerprint density at radius 3 is 2.27 bits per heavy atom. The Morgan fingerprint density at radius 2 is 1.65 bits per heavy atom. The van der Waals surface area contributed by atoms with Gasteiger partial charge < -0.3 is 10.2 Å². The van der Waals surface area contributed by atoms with Gasteiger partial charge in [-0.25, -0.2) is 0 Å². The molecule has 1 fully saturated rings. The molecule has 130 valence electrons. The first-order valence-corrected chi connectivity index (χ1v) is 8.55. The summed E-state index contributed by atoms with van der Waals surface area (Å²) < 4.78 is 0. The molecule has 0 unspecified atom stereocenters. The monoisotopic (exact) mass is 345 g/mol. The van der Waals surface area contributed by atoms with E-state index in [2.05, 4.69) is 5.32 Å². The van der Waals surface area contributed by atoms with Crippen LogP contribution in [0.25, 0.3) is 6.08 Å². The summed E-state index contributed by atoms with van der Waals surface area (Å²) in [5, 5.41) is 11.6. The van der Waals surface area contributed by atoms with Crippen LogP contribution in [0.5, 0.6) is 0 Å². The minimum Gasteiger partial charge on any atom is -0.337 e. The third-order valence-electron chi connectivity index (χ3n) is 4.26. The molecule has 2 aromatic carbocycles. The minimum atomic E-state index is -0.371. The molecule has 1 aliphatic heterocycles.